The molecule has 2 aromatic heterocycles. The fourth-order valence-corrected chi connectivity index (χ4v) is 11.2. The second-order valence-corrected chi connectivity index (χ2v) is 21.1. The second kappa shape index (κ2) is 23.6. The average molecular weight is 907 g/mol. The SMILES string of the molecule is CC(C)n1c(CCP(=O)(O)C[C@@H](O)CC(=O)[O-])c(-c2ccc(F)cc2)c2ccccc21.CC(C)n1c(CCP(=O)(O)C[C@@H](O)CC(=O)[O-])c(-c2ccc(F)cc2)c2ccccc21.[Li+].[Li+]. The molecule has 332 valence electrons. The molecule has 18 heteroatoms. The molecule has 0 bridgehead atoms. The number of carboxylic acid groups (broad SMARTS) is 2. The zero-order valence-electron chi connectivity index (χ0n) is 37.0. The molecule has 4 aromatic carbocycles. The molecule has 0 radical (unpaired) electrons. The molecule has 6 aromatic rings. The Hall–Kier alpha value is -3.75. The van der Waals surface area contributed by atoms with Crippen molar-refractivity contribution in [3.63, 3.8) is 0 Å². The molecule has 0 aliphatic carbocycles. The van der Waals surface area contributed by atoms with Crippen molar-refractivity contribution in [1.82, 2.24) is 9.13 Å². The van der Waals surface area contributed by atoms with Crippen LogP contribution in [0.15, 0.2) is 97.1 Å². The van der Waals surface area contributed by atoms with E-state index in [1.807, 2.05) is 76.2 Å². The van der Waals surface area contributed by atoms with Crippen LogP contribution in [0.4, 0.5) is 8.78 Å². The minimum atomic E-state index is -3.80. The van der Waals surface area contributed by atoms with Crippen molar-refractivity contribution in [1.29, 1.82) is 0 Å². The van der Waals surface area contributed by atoms with Crippen LogP contribution < -0.4 is 47.9 Å². The zero-order chi connectivity index (χ0) is 45.5. The van der Waals surface area contributed by atoms with E-state index in [1.54, 1.807) is 24.3 Å². The third kappa shape index (κ3) is 14.1. The average Bonchev–Trinajstić information content (AvgIpc) is 3.69. The van der Waals surface area contributed by atoms with Crippen LogP contribution in [0.25, 0.3) is 44.1 Å². The number of aliphatic hydroxyl groups excluding tert-OH is 2. The van der Waals surface area contributed by atoms with Gasteiger partial charge in [0.15, 0.2) is 0 Å². The number of benzene rings is 4. The summed E-state index contributed by atoms with van der Waals surface area (Å²) in [6.45, 7) is 8.08. The predicted octanol–water partition coefficient (Wildman–Crippen LogP) is 0.692. The van der Waals surface area contributed by atoms with Gasteiger partial charge in [0.2, 0.25) is 14.7 Å². The first kappa shape index (κ1) is 54.6. The number of carbonyl (C=O) groups is 2. The number of hydrogen-bond donors (Lipinski definition) is 4. The molecular weight excluding hydrogens is 854 g/mol. The smallest absolute Gasteiger partial charge is 0.550 e. The molecule has 6 rings (SSSR count). The largest absolute Gasteiger partial charge is 1.00 e. The summed E-state index contributed by atoms with van der Waals surface area (Å²) < 4.78 is 56.6. The molecule has 64 heavy (non-hydrogen) atoms. The van der Waals surface area contributed by atoms with E-state index in [0.717, 1.165) is 55.4 Å². The van der Waals surface area contributed by atoms with E-state index in [2.05, 4.69) is 9.13 Å². The summed E-state index contributed by atoms with van der Waals surface area (Å²) in [7, 11) is -7.59. The second-order valence-electron chi connectivity index (χ2n) is 16.1. The molecule has 0 saturated heterocycles. The van der Waals surface area contributed by atoms with Crippen LogP contribution in [0.2, 0.25) is 0 Å². The number of carboxylic acids is 2. The van der Waals surface area contributed by atoms with Crippen molar-refractivity contribution in [2.24, 2.45) is 0 Å². The summed E-state index contributed by atoms with van der Waals surface area (Å²) >= 11 is 0. The van der Waals surface area contributed by atoms with Crippen LogP contribution >= 0.6 is 14.7 Å². The summed E-state index contributed by atoms with van der Waals surface area (Å²) in [6, 6.07) is 28.0. The van der Waals surface area contributed by atoms with Crippen LogP contribution in [0.3, 0.4) is 0 Å². The Morgan fingerprint density at radius 2 is 0.891 bits per heavy atom. The summed E-state index contributed by atoms with van der Waals surface area (Å²) in [4.78, 5) is 42.1. The van der Waals surface area contributed by atoms with E-state index in [9.17, 15) is 57.7 Å². The number of para-hydroxylation sites is 2. The zero-order valence-corrected chi connectivity index (χ0v) is 38.8. The fourth-order valence-electron chi connectivity index (χ4n) is 8.10. The first-order valence-electron chi connectivity index (χ1n) is 20.3. The van der Waals surface area contributed by atoms with Gasteiger partial charge in [-0.05, 0) is 88.1 Å². The van der Waals surface area contributed by atoms with Gasteiger partial charge in [-0.25, -0.2) is 8.78 Å². The van der Waals surface area contributed by atoms with Gasteiger partial charge in [-0.3, -0.25) is 9.13 Å². The number of nitrogens with zero attached hydrogens (tertiary/aromatic N) is 2. The Balaban J connectivity index is 0.000000330. The van der Waals surface area contributed by atoms with Gasteiger partial charge >= 0.3 is 37.7 Å². The van der Waals surface area contributed by atoms with E-state index < -0.39 is 64.0 Å². The van der Waals surface area contributed by atoms with E-state index >= 15 is 0 Å². The molecule has 2 unspecified atom stereocenters. The Morgan fingerprint density at radius 1 is 0.578 bits per heavy atom. The van der Waals surface area contributed by atoms with Gasteiger partial charge in [0.25, 0.3) is 0 Å². The number of rotatable bonds is 18. The molecule has 4 N–H and O–H groups in total. The normalized spacial score (nSPS) is 14.2. The maximum Gasteiger partial charge on any atom is 1.00 e. The van der Waals surface area contributed by atoms with Gasteiger partial charge in [-0.1, -0.05) is 60.7 Å². The topological polar surface area (TPSA) is 205 Å². The van der Waals surface area contributed by atoms with Crippen molar-refractivity contribution in [3.8, 4) is 22.3 Å². The standard InChI is InChI=1S/2C23H27FNO5P.2Li/c2*1-15(2)25-20-6-4-3-5-19(20)23(16-7-9-17(24)10-8-16)21(25)11-12-31(29,30)14-18(26)13-22(27)28;;/h2*3-10,15,18,26H,11-14H2,1-2H3,(H,27,28)(H,29,30);;/q;;2*+1/p-2/t2*18-;;/m00../s1. The van der Waals surface area contributed by atoms with Gasteiger partial charge in [-0.2, -0.15) is 0 Å². The van der Waals surface area contributed by atoms with Crippen molar-refractivity contribution in [3.05, 3.63) is 120 Å². The molecule has 0 aliphatic rings. The summed E-state index contributed by atoms with van der Waals surface area (Å²) in [5, 5.41) is 42.8. The molecule has 0 fully saturated rings. The maximum atomic E-state index is 13.5. The number of halogens is 2. The molecular formula is C46H52F2Li2N2O10P2. The van der Waals surface area contributed by atoms with E-state index in [-0.39, 0.29) is 86.6 Å². The molecule has 0 saturated carbocycles. The third-order valence-corrected chi connectivity index (χ3v) is 14.3. The molecule has 0 aliphatic heterocycles. The minimum absolute atomic E-state index is 0. The van der Waals surface area contributed by atoms with Crippen molar-refractivity contribution >= 4 is 48.5 Å². The van der Waals surface area contributed by atoms with E-state index in [4.69, 9.17) is 0 Å². The van der Waals surface area contributed by atoms with Gasteiger partial charge < -0.3 is 48.9 Å². The van der Waals surface area contributed by atoms with Crippen LogP contribution in [0.5, 0.6) is 0 Å². The van der Waals surface area contributed by atoms with Crippen LogP contribution in [-0.2, 0) is 31.6 Å². The summed E-state index contributed by atoms with van der Waals surface area (Å²) in [6.07, 6.45) is -5.00. The number of fused-ring (bicyclic) bond motifs is 2. The quantitative estimate of drug-likeness (QED) is 0.0702. The van der Waals surface area contributed by atoms with Gasteiger partial charge in [0.1, 0.15) is 11.6 Å². The van der Waals surface area contributed by atoms with E-state index in [0.29, 0.717) is 0 Å². The molecule has 0 spiro atoms. The monoisotopic (exact) mass is 906 g/mol. The first-order chi connectivity index (χ1) is 29.2. The number of aliphatic hydroxyl groups is 2. The van der Waals surface area contributed by atoms with Crippen LogP contribution in [-0.4, -0.2) is 77.9 Å². The fraction of sp³-hybridized carbons (Fsp3) is 0.348. The molecule has 12 nitrogen and oxygen atoms in total. The summed E-state index contributed by atoms with van der Waals surface area (Å²) in [5.74, 6) is -3.63. The molecule has 4 atom stereocenters. The Morgan fingerprint density at radius 3 is 1.19 bits per heavy atom. The Kier molecular flexibility index (Phi) is 20.2. The number of hydrogen-bond acceptors (Lipinski definition) is 8. The predicted molar refractivity (Wildman–Crippen MR) is 233 cm³/mol. The van der Waals surface area contributed by atoms with Crippen molar-refractivity contribution in [2.75, 3.05) is 24.6 Å². The Bertz CT molecular complexity index is 2440. The van der Waals surface area contributed by atoms with E-state index in [1.165, 1.54) is 24.3 Å². The van der Waals surface area contributed by atoms with Crippen molar-refractivity contribution in [2.45, 2.75) is 77.7 Å². The number of aromatic nitrogens is 2. The van der Waals surface area contributed by atoms with Gasteiger partial charge in [0.05, 0.1) is 24.5 Å². The van der Waals surface area contributed by atoms with Crippen LogP contribution in [0.1, 0.15) is 64.0 Å². The molecule has 0 amide bonds. The third-order valence-electron chi connectivity index (χ3n) is 10.5. The first-order valence-corrected chi connectivity index (χ1v) is 24.4. The van der Waals surface area contributed by atoms with Gasteiger partial charge in [0, 0.05) is 93.5 Å². The minimum Gasteiger partial charge on any atom is -0.550 e. The number of aliphatic carboxylic acids is 2. The maximum absolute atomic E-state index is 13.5. The number of carbonyl (C=O) groups excluding carboxylic acids is 2. The Labute approximate surface area is 395 Å². The summed E-state index contributed by atoms with van der Waals surface area (Å²) in [5.41, 5.74) is 6.97. The molecule has 2 heterocycles. The van der Waals surface area contributed by atoms with Gasteiger partial charge in [-0.15, -0.1) is 0 Å². The van der Waals surface area contributed by atoms with Crippen molar-refractivity contribution < 1.29 is 95.4 Å². The van der Waals surface area contributed by atoms with Crippen LogP contribution in [0, 0.1) is 11.6 Å².